The molecule has 0 saturated heterocycles. The zero-order valence-electron chi connectivity index (χ0n) is 16.1. The highest BCUT2D eigenvalue weighted by Crippen LogP contribution is 2.21. The molecule has 27 heavy (non-hydrogen) atoms. The van der Waals surface area contributed by atoms with Crippen LogP contribution in [0.3, 0.4) is 0 Å². The Morgan fingerprint density at radius 3 is 2.44 bits per heavy atom. The zero-order chi connectivity index (χ0) is 20.0. The Bertz CT molecular complexity index is 806. The van der Waals surface area contributed by atoms with E-state index in [1.807, 2.05) is 44.2 Å². The lowest BCUT2D eigenvalue weighted by Crippen LogP contribution is -2.48. The van der Waals surface area contributed by atoms with Gasteiger partial charge in [-0.05, 0) is 55.7 Å². The minimum atomic E-state index is -0.625. The second-order valence-corrected chi connectivity index (χ2v) is 6.86. The van der Waals surface area contributed by atoms with Crippen molar-refractivity contribution in [3.63, 3.8) is 0 Å². The molecule has 0 aliphatic heterocycles. The van der Waals surface area contributed by atoms with Gasteiger partial charge in [0.2, 0.25) is 5.91 Å². The lowest BCUT2D eigenvalue weighted by Gasteiger charge is -2.28. The van der Waals surface area contributed by atoms with E-state index in [0.29, 0.717) is 17.3 Å². The minimum Gasteiger partial charge on any atom is -0.483 e. The molecule has 0 aliphatic rings. The summed E-state index contributed by atoms with van der Waals surface area (Å²) in [6.07, 6.45) is 0. The number of carbonyl (C=O) groups excluding carboxylic acids is 2. The third-order valence-electron chi connectivity index (χ3n) is 4.59. The van der Waals surface area contributed by atoms with Gasteiger partial charge in [0.15, 0.2) is 6.61 Å². The summed E-state index contributed by atoms with van der Waals surface area (Å²) < 4.78 is 5.74. The number of rotatable bonds is 7. The molecule has 1 N–H and O–H groups in total. The van der Waals surface area contributed by atoms with Gasteiger partial charge in [0.1, 0.15) is 11.8 Å². The smallest absolute Gasteiger partial charge is 0.261 e. The maximum absolute atomic E-state index is 12.8. The highest BCUT2D eigenvalue weighted by molar-refractivity contribution is 6.30. The molecule has 0 fully saturated rings. The summed E-state index contributed by atoms with van der Waals surface area (Å²) in [6, 6.07) is 12.3. The molecule has 2 amide bonds. The molecule has 0 unspecified atom stereocenters. The highest BCUT2D eigenvalue weighted by Gasteiger charge is 2.26. The fraction of sp³-hybridized carbons (Fsp3) is 0.333. The lowest BCUT2D eigenvalue weighted by atomic mass is 10.1. The van der Waals surface area contributed by atoms with Crippen LogP contribution in [0.15, 0.2) is 42.5 Å². The maximum Gasteiger partial charge on any atom is 0.261 e. The molecular weight excluding hydrogens is 364 g/mol. The molecule has 0 radical (unpaired) electrons. The number of likely N-dealkylation sites (N-methyl/N-ethyl adjacent to an activating group) is 1. The predicted molar refractivity (Wildman–Crippen MR) is 107 cm³/mol. The molecule has 0 spiro atoms. The molecule has 2 aromatic rings. The summed E-state index contributed by atoms with van der Waals surface area (Å²) in [5.74, 6) is 0.174. The van der Waals surface area contributed by atoms with E-state index < -0.39 is 6.04 Å². The van der Waals surface area contributed by atoms with Gasteiger partial charge in [0, 0.05) is 18.6 Å². The normalized spacial score (nSPS) is 11.6. The van der Waals surface area contributed by atoms with Gasteiger partial charge < -0.3 is 15.0 Å². The highest BCUT2D eigenvalue weighted by atomic mass is 35.5. The summed E-state index contributed by atoms with van der Waals surface area (Å²) in [7, 11) is 1.55. The second-order valence-electron chi connectivity index (χ2n) is 6.43. The minimum absolute atomic E-state index is 0.140. The largest absolute Gasteiger partial charge is 0.483 e. The molecule has 0 aliphatic carbocycles. The first-order valence-corrected chi connectivity index (χ1v) is 9.15. The van der Waals surface area contributed by atoms with Gasteiger partial charge in [0.05, 0.1) is 0 Å². The van der Waals surface area contributed by atoms with Crippen LogP contribution in [-0.2, 0) is 16.1 Å². The SMILES string of the molecule is CNC(=O)[C@@H](C)N(Cc1ccc(Cl)cc1)C(=O)COc1cccc(C)c1C. The third kappa shape index (κ3) is 5.47. The number of carbonyl (C=O) groups is 2. The van der Waals surface area contributed by atoms with Crippen molar-refractivity contribution in [1.29, 1.82) is 0 Å². The van der Waals surface area contributed by atoms with Gasteiger partial charge in [-0.2, -0.15) is 0 Å². The Morgan fingerprint density at radius 1 is 1.15 bits per heavy atom. The van der Waals surface area contributed by atoms with Gasteiger partial charge in [-0.1, -0.05) is 35.9 Å². The van der Waals surface area contributed by atoms with Crippen LogP contribution in [0.1, 0.15) is 23.6 Å². The number of hydrogen-bond acceptors (Lipinski definition) is 3. The van der Waals surface area contributed by atoms with E-state index in [-0.39, 0.29) is 18.4 Å². The van der Waals surface area contributed by atoms with E-state index in [4.69, 9.17) is 16.3 Å². The van der Waals surface area contributed by atoms with Gasteiger partial charge in [0.25, 0.3) is 5.91 Å². The number of hydrogen-bond donors (Lipinski definition) is 1. The summed E-state index contributed by atoms with van der Waals surface area (Å²) in [6.45, 7) is 5.79. The Kier molecular flexibility index (Phi) is 7.25. The van der Waals surface area contributed by atoms with Crippen LogP contribution < -0.4 is 10.1 Å². The summed E-state index contributed by atoms with van der Waals surface area (Å²) in [4.78, 5) is 26.5. The van der Waals surface area contributed by atoms with Crippen LogP contribution in [0.5, 0.6) is 5.75 Å². The van der Waals surface area contributed by atoms with Crippen molar-refractivity contribution in [3.05, 3.63) is 64.2 Å². The fourth-order valence-corrected chi connectivity index (χ4v) is 2.81. The standard InChI is InChI=1S/C21H25ClN2O3/c1-14-6-5-7-19(15(14)2)27-13-20(25)24(16(3)21(26)23-4)12-17-8-10-18(22)11-9-17/h5-11,16H,12-13H2,1-4H3,(H,23,26)/t16-/m1/s1. The Balaban J connectivity index is 2.15. The van der Waals surface area contributed by atoms with Crippen LogP contribution in [0.4, 0.5) is 0 Å². The number of ether oxygens (including phenoxy) is 1. The van der Waals surface area contributed by atoms with Crippen molar-refractivity contribution >= 4 is 23.4 Å². The Labute approximate surface area is 165 Å². The molecule has 0 aromatic heterocycles. The number of nitrogens with one attached hydrogen (secondary N) is 1. The zero-order valence-corrected chi connectivity index (χ0v) is 16.8. The molecule has 1 atom stereocenters. The van der Waals surface area contributed by atoms with Crippen molar-refractivity contribution in [2.24, 2.45) is 0 Å². The lowest BCUT2D eigenvalue weighted by molar-refractivity contribution is -0.142. The molecule has 6 heteroatoms. The summed E-state index contributed by atoms with van der Waals surface area (Å²) in [5, 5.41) is 3.21. The van der Waals surface area contributed by atoms with Crippen molar-refractivity contribution in [3.8, 4) is 5.75 Å². The molecule has 2 rings (SSSR count). The molecule has 0 heterocycles. The van der Waals surface area contributed by atoms with Crippen LogP contribution in [0.25, 0.3) is 0 Å². The van der Waals surface area contributed by atoms with Crippen LogP contribution in [0.2, 0.25) is 5.02 Å². The first-order chi connectivity index (χ1) is 12.8. The maximum atomic E-state index is 12.8. The van der Waals surface area contributed by atoms with E-state index in [1.54, 1.807) is 26.1 Å². The Hall–Kier alpha value is -2.53. The first kappa shape index (κ1) is 20.8. The number of benzene rings is 2. The van der Waals surface area contributed by atoms with Crippen LogP contribution in [0, 0.1) is 13.8 Å². The van der Waals surface area contributed by atoms with E-state index in [0.717, 1.165) is 16.7 Å². The van der Waals surface area contributed by atoms with Gasteiger partial charge in [-0.25, -0.2) is 0 Å². The van der Waals surface area contributed by atoms with Crippen molar-refractivity contribution in [2.45, 2.75) is 33.4 Å². The van der Waals surface area contributed by atoms with E-state index >= 15 is 0 Å². The topological polar surface area (TPSA) is 58.6 Å². The van der Waals surface area contributed by atoms with Gasteiger partial charge in [-0.15, -0.1) is 0 Å². The molecule has 144 valence electrons. The van der Waals surface area contributed by atoms with E-state index in [9.17, 15) is 9.59 Å². The molecule has 0 saturated carbocycles. The van der Waals surface area contributed by atoms with Crippen molar-refractivity contribution in [1.82, 2.24) is 10.2 Å². The number of nitrogens with zero attached hydrogens (tertiary/aromatic N) is 1. The van der Waals surface area contributed by atoms with Crippen LogP contribution >= 0.6 is 11.6 Å². The van der Waals surface area contributed by atoms with Gasteiger partial charge >= 0.3 is 0 Å². The second kappa shape index (κ2) is 9.42. The van der Waals surface area contributed by atoms with E-state index in [2.05, 4.69) is 5.32 Å². The number of halogens is 1. The molecule has 2 aromatic carbocycles. The molecule has 0 bridgehead atoms. The number of aryl methyl sites for hydroxylation is 1. The van der Waals surface area contributed by atoms with Crippen molar-refractivity contribution in [2.75, 3.05) is 13.7 Å². The average Bonchev–Trinajstić information content (AvgIpc) is 2.67. The predicted octanol–water partition coefficient (Wildman–Crippen LogP) is 3.50. The number of amides is 2. The first-order valence-electron chi connectivity index (χ1n) is 8.78. The Morgan fingerprint density at radius 2 is 1.81 bits per heavy atom. The quantitative estimate of drug-likeness (QED) is 0.789. The summed E-state index contributed by atoms with van der Waals surface area (Å²) >= 11 is 5.93. The molecular formula is C21H25ClN2O3. The molecule has 5 nitrogen and oxygen atoms in total. The van der Waals surface area contributed by atoms with Crippen LogP contribution in [-0.4, -0.2) is 36.4 Å². The fourth-order valence-electron chi connectivity index (χ4n) is 2.68. The van der Waals surface area contributed by atoms with Crippen molar-refractivity contribution < 1.29 is 14.3 Å². The van der Waals surface area contributed by atoms with E-state index in [1.165, 1.54) is 4.90 Å². The summed E-state index contributed by atoms with van der Waals surface area (Å²) in [5.41, 5.74) is 2.97. The average molecular weight is 389 g/mol. The van der Waals surface area contributed by atoms with Gasteiger partial charge in [-0.3, -0.25) is 9.59 Å². The monoisotopic (exact) mass is 388 g/mol. The third-order valence-corrected chi connectivity index (χ3v) is 4.84.